The number of halogens is 2. The fourth-order valence-corrected chi connectivity index (χ4v) is 3.39. The average Bonchev–Trinajstić information content (AvgIpc) is 2.45. The first-order valence-corrected chi connectivity index (χ1v) is 8.20. The molecular formula is C13H19F2N3O2S. The molecular weight excluding hydrogens is 300 g/mol. The largest absolute Gasteiger partial charge is 0.314 e. The van der Waals surface area contributed by atoms with Crippen molar-refractivity contribution in [1.82, 2.24) is 14.5 Å². The lowest BCUT2D eigenvalue weighted by molar-refractivity contribution is 0.229. The van der Waals surface area contributed by atoms with Crippen LogP contribution in [0.4, 0.5) is 8.78 Å². The first-order valence-electron chi connectivity index (χ1n) is 6.76. The van der Waals surface area contributed by atoms with Crippen LogP contribution in [0.2, 0.25) is 0 Å². The minimum atomic E-state index is -3.94. The van der Waals surface area contributed by atoms with Gasteiger partial charge in [-0.15, -0.1) is 0 Å². The molecule has 0 bridgehead atoms. The van der Waals surface area contributed by atoms with Crippen molar-refractivity contribution in [3.8, 4) is 0 Å². The maximum atomic E-state index is 13.6. The van der Waals surface area contributed by atoms with E-state index in [0.717, 1.165) is 42.6 Å². The lowest BCUT2D eigenvalue weighted by Crippen LogP contribution is -2.46. The number of sulfonamides is 1. The van der Waals surface area contributed by atoms with Crippen molar-refractivity contribution in [2.75, 3.05) is 46.3 Å². The van der Waals surface area contributed by atoms with Gasteiger partial charge in [0.05, 0.1) is 0 Å². The number of piperazine rings is 1. The second kappa shape index (κ2) is 6.78. The Morgan fingerprint density at radius 1 is 1.29 bits per heavy atom. The minimum Gasteiger partial charge on any atom is -0.314 e. The molecule has 0 aliphatic carbocycles. The Morgan fingerprint density at radius 2 is 1.95 bits per heavy atom. The molecule has 5 nitrogen and oxygen atoms in total. The van der Waals surface area contributed by atoms with Gasteiger partial charge in [-0.1, -0.05) is 0 Å². The second-order valence-electron chi connectivity index (χ2n) is 4.99. The van der Waals surface area contributed by atoms with Crippen LogP contribution in [0.15, 0.2) is 23.1 Å². The maximum Gasteiger partial charge on any atom is 0.245 e. The van der Waals surface area contributed by atoms with E-state index in [0.29, 0.717) is 12.6 Å². The number of likely N-dealkylation sites (N-methyl/N-ethyl adjacent to an activating group) is 1. The van der Waals surface area contributed by atoms with Crippen molar-refractivity contribution >= 4 is 10.0 Å². The molecule has 1 saturated heterocycles. The van der Waals surface area contributed by atoms with Crippen molar-refractivity contribution in [3.63, 3.8) is 0 Å². The summed E-state index contributed by atoms with van der Waals surface area (Å²) in [6, 6.07) is 2.48. The summed E-state index contributed by atoms with van der Waals surface area (Å²) in [6.45, 7) is 4.32. The molecule has 0 aromatic heterocycles. The molecule has 1 heterocycles. The normalized spacial score (nSPS) is 17.3. The van der Waals surface area contributed by atoms with E-state index >= 15 is 0 Å². The van der Waals surface area contributed by atoms with Crippen molar-refractivity contribution in [1.29, 1.82) is 0 Å². The van der Waals surface area contributed by atoms with E-state index in [4.69, 9.17) is 0 Å². The van der Waals surface area contributed by atoms with Crippen molar-refractivity contribution < 1.29 is 17.2 Å². The fourth-order valence-electron chi connectivity index (χ4n) is 2.19. The minimum absolute atomic E-state index is 0.263. The van der Waals surface area contributed by atoms with E-state index in [9.17, 15) is 17.2 Å². The van der Waals surface area contributed by atoms with Gasteiger partial charge in [-0.25, -0.2) is 17.2 Å². The Bertz CT molecular complexity index is 589. The van der Waals surface area contributed by atoms with Gasteiger partial charge in [0.15, 0.2) is 0 Å². The summed E-state index contributed by atoms with van der Waals surface area (Å²) < 4.78 is 52.1. The molecule has 0 saturated carbocycles. The smallest absolute Gasteiger partial charge is 0.245 e. The zero-order valence-corrected chi connectivity index (χ0v) is 12.7. The third kappa shape index (κ3) is 3.97. The Hall–Kier alpha value is -1.09. The standard InChI is InChI=1S/C13H19F2N3O2S/c1-17(8-9-18-6-4-16-5-7-18)21(19,20)13-3-2-11(14)10-12(13)15/h2-3,10,16H,4-9H2,1H3. The molecule has 2 rings (SSSR count). The third-order valence-corrected chi connectivity index (χ3v) is 5.41. The van der Waals surface area contributed by atoms with Gasteiger partial charge in [-0.3, -0.25) is 4.90 Å². The zero-order chi connectivity index (χ0) is 15.5. The van der Waals surface area contributed by atoms with E-state index < -0.39 is 26.6 Å². The molecule has 0 atom stereocenters. The number of nitrogens with one attached hydrogen (secondary N) is 1. The van der Waals surface area contributed by atoms with E-state index in [1.807, 2.05) is 0 Å². The molecule has 0 amide bonds. The van der Waals surface area contributed by atoms with Crippen LogP contribution < -0.4 is 5.32 Å². The Morgan fingerprint density at radius 3 is 2.57 bits per heavy atom. The second-order valence-corrected chi connectivity index (χ2v) is 7.01. The third-order valence-electron chi connectivity index (χ3n) is 3.52. The van der Waals surface area contributed by atoms with Crippen LogP contribution in [0.3, 0.4) is 0 Å². The molecule has 118 valence electrons. The van der Waals surface area contributed by atoms with Gasteiger partial charge in [-0.05, 0) is 12.1 Å². The average molecular weight is 319 g/mol. The Balaban J connectivity index is 2.04. The van der Waals surface area contributed by atoms with Gasteiger partial charge >= 0.3 is 0 Å². The summed E-state index contributed by atoms with van der Waals surface area (Å²) in [5.41, 5.74) is 0. The summed E-state index contributed by atoms with van der Waals surface area (Å²) in [5, 5.41) is 3.21. The molecule has 1 aliphatic heterocycles. The van der Waals surface area contributed by atoms with Crippen LogP contribution in [0.1, 0.15) is 0 Å². The number of rotatable bonds is 5. The molecule has 8 heteroatoms. The van der Waals surface area contributed by atoms with E-state index in [1.54, 1.807) is 0 Å². The molecule has 0 unspecified atom stereocenters. The first kappa shape index (κ1) is 16.3. The summed E-state index contributed by atoms with van der Waals surface area (Å²) in [5.74, 6) is -1.86. The number of nitrogens with zero attached hydrogens (tertiary/aromatic N) is 2. The van der Waals surface area contributed by atoms with E-state index in [1.165, 1.54) is 7.05 Å². The predicted octanol–water partition coefficient (Wildman–Crippen LogP) is 0.490. The Kier molecular flexibility index (Phi) is 5.26. The summed E-state index contributed by atoms with van der Waals surface area (Å²) in [4.78, 5) is 1.65. The molecule has 1 aliphatic rings. The molecule has 0 spiro atoms. The fraction of sp³-hybridized carbons (Fsp3) is 0.538. The quantitative estimate of drug-likeness (QED) is 0.858. The molecule has 1 aromatic carbocycles. The van der Waals surface area contributed by atoms with Gasteiger partial charge in [-0.2, -0.15) is 4.31 Å². The van der Waals surface area contributed by atoms with Gasteiger partial charge in [0.1, 0.15) is 16.5 Å². The van der Waals surface area contributed by atoms with Crippen LogP contribution in [0.5, 0.6) is 0 Å². The highest BCUT2D eigenvalue weighted by Crippen LogP contribution is 2.19. The van der Waals surface area contributed by atoms with Crippen LogP contribution in [-0.4, -0.2) is 63.9 Å². The highest BCUT2D eigenvalue weighted by molar-refractivity contribution is 7.89. The van der Waals surface area contributed by atoms with Crippen LogP contribution in [-0.2, 0) is 10.0 Å². The molecule has 1 N–H and O–H groups in total. The number of benzene rings is 1. The van der Waals surface area contributed by atoms with Crippen molar-refractivity contribution in [3.05, 3.63) is 29.8 Å². The summed E-state index contributed by atoms with van der Waals surface area (Å²) >= 11 is 0. The van der Waals surface area contributed by atoms with Crippen LogP contribution in [0, 0.1) is 11.6 Å². The SMILES string of the molecule is CN(CCN1CCNCC1)S(=O)(=O)c1ccc(F)cc1F. The molecule has 1 fully saturated rings. The highest BCUT2D eigenvalue weighted by atomic mass is 32.2. The van der Waals surface area contributed by atoms with Gasteiger partial charge in [0.2, 0.25) is 10.0 Å². The topological polar surface area (TPSA) is 52.6 Å². The molecule has 1 aromatic rings. The van der Waals surface area contributed by atoms with Crippen molar-refractivity contribution in [2.45, 2.75) is 4.90 Å². The maximum absolute atomic E-state index is 13.6. The molecule has 21 heavy (non-hydrogen) atoms. The summed E-state index contributed by atoms with van der Waals surface area (Å²) in [7, 11) is -2.53. The molecule has 0 radical (unpaired) electrons. The predicted molar refractivity (Wildman–Crippen MR) is 75.5 cm³/mol. The van der Waals surface area contributed by atoms with Gasteiger partial charge in [0, 0.05) is 52.4 Å². The van der Waals surface area contributed by atoms with Gasteiger partial charge < -0.3 is 5.32 Å². The van der Waals surface area contributed by atoms with Gasteiger partial charge in [0.25, 0.3) is 0 Å². The summed E-state index contributed by atoms with van der Waals surface area (Å²) in [6.07, 6.45) is 0. The lowest BCUT2D eigenvalue weighted by atomic mass is 10.3. The monoisotopic (exact) mass is 319 g/mol. The highest BCUT2D eigenvalue weighted by Gasteiger charge is 2.25. The van der Waals surface area contributed by atoms with E-state index in [2.05, 4.69) is 10.2 Å². The van der Waals surface area contributed by atoms with Crippen molar-refractivity contribution in [2.24, 2.45) is 0 Å². The number of hydrogen-bond donors (Lipinski definition) is 1. The van der Waals surface area contributed by atoms with Crippen LogP contribution >= 0.6 is 0 Å². The Labute approximate surface area is 123 Å². The van der Waals surface area contributed by atoms with Crippen LogP contribution in [0.25, 0.3) is 0 Å². The first-order chi connectivity index (χ1) is 9.91. The number of hydrogen-bond acceptors (Lipinski definition) is 4. The van der Waals surface area contributed by atoms with E-state index in [-0.39, 0.29) is 6.54 Å². The zero-order valence-electron chi connectivity index (χ0n) is 11.8. The lowest BCUT2D eigenvalue weighted by Gasteiger charge is -2.28.